The van der Waals surface area contributed by atoms with Crippen molar-refractivity contribution in [1.29, 1.82) is 0 Å². The zero-order chi connectivity index (χ0) is 23.2. The van der Waals surface area contributed by atoms with Gasteiger partial charge in [-0.15, -0.1) is 0 Å². The minimum atomic E-state index is -0.291. The van der Waals surface area contributed by atoms with Crippen LogP contribution in [0.2, 0.25) is 0 Å². The van der Waals surface area contributed by atoms with E-state index in [0.717, 1.165) is 57.0 Å². The molecule has 2 aliphatic heterocycles. The first-order valence-electron chi connectivity index (χ1n) is 11.5. The number of aryl methyl sites for hydroxylation is 1. The summed E-state index contributed by atoms with van der Waals surface area (Å²) in [5.74, 6) is 1.11. The minimum Gasteiger partial charge on any atom is -0.454 e. The highest BCUT2D eigenvalue weighted by atomic mass is 19.1. The maximum absolute atomic E-state index is 13.8. The van der Waals surface area contributed by atoms with E-state index in [1.807, 2.05) is 29.2 Å². The van der Waals surface area contributed by atoms with Crippen molar-refractivity contribution in [2.75, 3.05) is 6.79 Å². The SMILES string of the molecule is CCCc1c2c(c(-c3ccc(F)cc3)c3cc4c(cc13)OCO4)CN(Cc1ccncc1)C2=O. The molecule has 5 nitrogen and oxygen atoms in total. The normalized spacial score (nSPS) is 14.2. The molecule has 0 radical (unpaired) electrons. The maximum Gasteiger partial charge on any atom is 0.255 e. The molecule has 3 aromatic carbocycles. The largest absolute Gasteiger partial charge is 0.454 e. The van der Waals surface area contributed by atoms with E-state index >= 15 is 0 Å². The van der Waals surface area contributed by atoms with Crippen molar-refractivity contribution in [2.45, 2.75) is 32.9 Å². The molecule has 4 aromatic rings. The predicted molar refractivity (Wildman–Crippen MR) is 127 cm³/mol. The van der Waals surface area contributed by atoms with E-state index in [1.54, 1.807) is 24.5 Å². The molecule has 6 heteroatoms. The molecule has 34 heavy (non-hydrogen) atoms. The third kappa shape index (κ3) is 3.29. The summed E-state index contributed by atoms with van der Waals surface area (Å²) in [7, 11) is 0. The number of rotatable bonds is 5. The van der Waals surface area contributed by atoms with Gasteiger partial charge in [-0.1, -0.05) is 25.5 Å². The van der Waals surface area contributed by atoms with Gasteiger partial charge < -0.3 is 14.4 Å². The fourth-order valence-corrected chi connectivity index (χ4v) is 5.13. The third-order valence-electron chi connectivity index (χ3n) is 6.62. The Morgan fingerprint density at radius 2 is 1.68 bits per heavy atom. The molecular weight excluding hydrogens is 431 g/mol. The molecule has 3 heterocycles. The molecule has 0 fully saturated rings. The van der Waals surface area contributed by atoms with E-state index in [9.17, 15) is 9.18 Å². The van der Waals surface area contributed by atoms with E-state index in [4.69, 9.17) is 9.47 Å². The number of hydrogen-bond donors (Lipinski definition) is 0. The highest BCUT2D eigenvalue weighted by molar-refractivity contribution is 6.12. The van der Waals surface area contributed by atoms with Gasteiger partial charge >= 0.3 is 0 Å². The first-order chi connectivity index (χ1) is 16.6. The van der Waals surface area contributed by atoms with Crippen molar-refractivity contribution in [3.05, 3.63) is 89.0 Å². The zero-order valence-electron chi connectivity index (χ0n) is 18.8. The van der Waals surface area contributed by atoms with Crippen LogP contribution in [0.1, 0.15) is 40.4 Å². The second kappa shape index (κ2) is 8.13. The Morgan fingerprint density at radius 3 is 2.38 bits per heavy atom. The van der Waals surface area contributed by atoms with Gasteiger partial charge in [-0.2, -0.15) is 0 Å². The number of carbonyl (C=O) groups is 1. The molecule has 6 rings (SSSR count). The topological polar surface area (TPSA) is 51.7 Å². The Hall–Kier alpha value is -3.93. The lowest BCUT2D eigenvalue weighted by Gasteiger charge is -2.17. The summed E-state index contributed by atoms with van der Waals surface area (Å²) in [6.07, 6.45) is 5.16. The molecule has 0 N–H and O–H groups in total. The standard InChI is InChI=1S/C28H23FN2O3/c1-2-3-20-21-12-24-25(34-16-33-24)13-22(21)26(18-4-6-19(29)7-5-18)23-15-31(28(32)27(20)23)14-17-8-10-30-11-9-17/h4-13H,2-3,14-16H2,1H3. The van der Waals surface area contributed by atoms with Crippen LogP contribution in [0.4, 0.5) is 4.39 Å². The van der Waals surface area contributed by atoms with Gasteiger partial charge in [-0.3, -0.25) is 9.78 Å². The first-order valence-corrected chi connectivity index (χ1v) is 11.5. The molecule has 1 amide bonds. The first kappa shape index (κ1) is 20.7. The van der Waals surface area contributed by atoms with Crippen molar-refractivity contribution in [2.24, 2.45) is 0 Å². The molecule has 0 bridgehead atoms. The number of benzene rings is 3. The number of amides is 1. The van der Waals surface area contributed by atoms with E-state index in [1.165, 1.54) is 12.1 Å². The number of nitrogens with zero attached hydrogens (tertiary/aromatic N) is 2. The van der Waals surface area contributed by atoms with Crippen LogP contribution < -0.4 is 9.47 Å². The monoisotopic (exact) mass is 454 g/mol. The Kier molecular flexibility index (Phi) is 4.94. The van der Waals surface area contributed by atoms with E-state index in [0.29, 0.717) is 24.6 Å². The quantitative estimate of drug-likeness (QED) is 0.378. The van der Waals surface area contributed by atoms with E-state index in [2.05, 4.69) is 11.9 Å². The van der Waals surface area contributed by atoms with Crippen LogP contribution in [0.5, 0.6) is 11.5 Å². The number of fused-ring (bicyclic) bond motifs is 3. The summed E-state index contributed by atoms with van der Waals surface area (Å²) in [6.45, 7) is 3.29. The van der Waals surface area contributed by atoms with Crippen LogP contribution in [-0.2, 0) is 19.5 Å². The van der Waals surface area contributed by atoms with Crippen molar-refractivity contribution >= 4 is 16.7 Å². The van der Waals surface area contributed by atoms with Gasteiger partial charge in [0.1, 0.15) is 5.82 Å². The number of hydrogen-bond acceptors (Lipinski definition) is 4. The summed E-state index contributed by atoms with van der Waals surface area (Å²) >= 11 is 0. The van der Waals surface area contributed by atoms with Gasteiger partial charge in [0.15, 0.2) is 11.5 Å². The van der Waals surface area contributed by atoms with Gasteiger partial charge in [0.25, 0.3) is 5.91 Å². The van der Waals surface area contributed by atoms with Crippen LogP contribution in [0.25, 0.3) is 21.9 Å². The van der Waals surface area contributed by atoms with Crippen molar-refractivity contribution < 1.29 is 18.7 Å². The Morgan fingerprint density at radius 1 is 0.971 bits per heavy atom. The Labute approximate surface area is 196 Å². The van der Waals surface area contributed by atoms with Crippen LogP contribution >= 0.6 is 0 Å². The predicted octanol–water partition coefficient (Wildman–Crippen LogP) is 5.88. The zero-order valence-corrected chi connectivity index (χ0v) is 18.8. The average Bonchev–Trinajstić information content (AvgIpc) is 3.43. The van der Waals surface area contributed by atoms with Crippen LogP contribution in [-0.4, -0.2) is 22.6 Å². The highest BCUT2D eigenvalue weighted by Gasteiger charge is 2.35. The minimum absolute atomic E-state index is 0.0261. The smallest absolute Gasteiger partial charge is 0.255 e. The number of halogens is 1. The lowest BCUT2D eigenvalue weighted by Crippen LogP contribution is -2.23. The number of pyridine rings is 1. The van der Waals surface area contributed by atoms with Gasteiger partial charge in [-0.25, -0.2) is 4.39 Å². The molecular formula is C28H23FN2O3. The molecule has 0 aliphatic carbocycles. The van der Waals surface area contributed by atoms with E-state index < -0.39 is 0 Å². The summed E-state index contributed by atoms with van der Waals surface area (Å²) in [5.41, 5.74) is 5.65. The molecule has 0 unspecified atom stereocenters. The molecule has 0 spiro atoms. The van der Waals surface area contributed by atoms with Crippen molar-refractivity contribution in [3.63, 3.8) is 0 Å². The molecule has 0 atom stereocenters. The second-order valence-electron chi connectivity index (χ2n) is 8.73. The molecule has 0 saturated heterocycles. The number of carbonyl (C=O) groups excluding carboxylic acids is 1. The highest BCUT2D eigenvalue weighted by Crippen LogP contribution is 2.46. The van der Waals surface area contributed by atoms with Crippen LogP contribution in [0.15, 0.2) is 60.9 Å². The fraction of sp³-hybridized carbons (Fsp3) is 0.214. The second-order valence-corrected chi connectivity index (χ2v) is 8.73. The van der Waals surface area contributed by atoms with Crippen LogP contribution in [0, 0.1) is 5.82 Å². The fourth-order valence-electron chi connectivity index (χ4n) is 5.13. The molecule has 1 aromatic heterocycles. The van der Waals surface area contributed by atoms with Crippen LogP contribution in [0.3, 0.4) is 0 Å². The van der Waals surface area contributed by atoms with Gasteiger partial charge in [0, 0.05) is 31.0 Å². The Bertz CT molecular complexity index is 1420. The van der Waals surface area contributed by atoms with Crippen molar-refractivity contribution in [1.82, 2.24) is 9.88 Å². The van der Waals surface area contributed by atoms with E-state index in [-0.39, 0.29) is 18.5 Å². The summed E-state index contributed by atoms with van der Waals surface area (Å²) in [4.78, 5) is 19.8. The number of ether oxygens (including phenoxy) is 2. The summed E-state index contributed by atoms with van der Waals surface area (Å²) in [6, 6.07) is 14.4. The average molecular weight is 455 g/mol. The van der Waals surface area contributed by atoms with Gasteiger partial charge in [-0.05, 0) is 81.4 Å². The Balaban J connectivity index is 1.61. The lowest BCUT2D eigenvalue weighted by atomic mass is 9.85. The maximum atomic E-state index is 13.8. The number of aromatic nitrogens is 1. The third-order valence-corrected chi connectivity index (χ3v) is 6.62. The lowest BCUT2D eigenvalue weighted by molar-refractivity contribution is 0.0766. The molecule has 0 saturated carbocycles. The molecule has 2 aliphatic rings. The summed E-state index contributed by atoms with van der Waals surface area (Å²) in [5, 5.41) is 1.99. The van der Waals surface area contributed by atoms with Crippen molar-refractivity contribution in [3.8, 4) is 22.6 Å². The van der Waals surface area contributed by atoms with Gasteiger partial charge in [0.05, 0.1) is 0 Å². The molecule has 170 valence electrons. The summed E-state index contributed by atoms with van der Waals surface area (Å²) < 4.78 is 25.2. The van der Waals surface area contributed by atoms with Gasteiger partial charge in [0.2, 0.25) is 6.79 Å².